The van der Waals surface area contributed by atoms with Crippen LogP contribution < -0.4 is 4.90 Å². The normalized spacial score (nSPS) is 10.6. The van der Waals surface area contributed by atoms with E-state index in [1.54, 1.807) is 24.1 Å². The Morgan fingerprint density at radius 2 is 1.88 bits per heavy atom. The number of rotatable bonds is 5. The topological polar surface area (TPSA) is 33.2 Å². The van der Waals surface area contributed by atoms with Crippen LogP contribution in [-0.4, -0.2) is 23.7 Å². The summed E-state index contributed by atoms with van der Waals surface area (Å²) >= 11 is 2.90. The molecule has 0 aliphatic rings. The van der Waals surface area contributed by atoms with Gasteiger partial charge < -0.3 is 4.90 Å². The molecule has 0 radical (unpaired) electrons. The highest BCUT2D eigenvalue weighted by molar-refractivity contribution is 8.01. The smallest absolute Gasteiger partial charge is 0.237 e. The second-order valence-electron chi connectivity index (χ2n) is 5.08. The maximum Gasteiger partial charge on any atom is 0.237 e. The van der Waals surface area contributed by atoms with Crippen LogP contribution in [0.5, 0.6) is 0 Å². The Balaban J connectivity index is 1.61. The second kappa shape index (κ2) is 7.59. The molecule has 0 N–H and O–H groups in total. The van der Waals surface area contributed by atoms with E-state index < -0.39 is 0 Å². The van der Waals surface area contributed by atoms with Crippen LogP contribution >= 0.6 is 23.1 Å². The predicted molar refractivity (Wildman–Crippen MR) is 98.1 cm³/mol. The van der Waals surface area contributed by atoms with Gasteiger partial charge in [-0.05, 0) is 36.4 Å². The van der Waals surface area contributed by atoms with Gasteiger partial charge in [0.25, 0.3) is 0 Å². The number of carbonyl (C=O) groups excluding carboxylic acids is 1. The number of halogens is 1. The van der Waals surface area contributed by atoms with Gasteiger partial charge in [-0.15, -0.1) is 11.3 Å². The Labute approximate surface area is 148 Å². The van der Waals surface area contributed by atoms with Crippen LogP contribution in [0.25, 0.3) is 11.3 Å². The summed E-state index contributed by atoms with van der Waals surface area (Å²) in [7, 11) is 1.77. The van der Waals surface area contributed by atoms with E-state index in [0.29, 0.717) is 5.75 Å². The minimum Gasteiger partial charge on any atom is -0.315 e. The molecule has 0 aliphatic heterocycles. The lowest BCUT2D eigenvalue weighted by atomic mass is 10.2. The third kappa shape index (κ3) is 4.01. The number of anilines is 1. The van der Waals surface area contributed by atoms with Crippen LogP contribution in [0, 0.1) is 5.82 Å². The molecule has 6 heteroatoms. The van der Waals surface area contributed by atoms with Crippen LogP contribution in [0.2, 0.25) is 0 Å². The standard InChI is InChI=1S/C18H15FN2OS2/c1-21(15-5-3-2-4-6-15)17(22)12-24-18-20-16(11-23-18)13-7-9-14(19)10-8-13/h2-11H,12H2,1H3. The highest BCUT2D eigenvalue weighted by atomic mass is 32.2. The molecule has 0 aliphatic carbocycles. The van der Waals surface area contributed by atoms with Crippen LogP contribution in [0.1, 0.15) is 0 Å². The quantitative estimate of drug-likeness (QED) is 0.620. The Morgan fingerprint density at radius 1 is 1.17 bits per heavy atom. The molecule has 3 aromatic rings. The molecule has 0 fully saturated rings. The predicted octanol–water partition coefficient (Wildman–Crippen LogP) is 4.70. The van der Waals surface area contributed by atoms with Crippen LogP contribution in [0.15, 0.2) is 64.3 Å². The lowest BCUT2D eigenvalue weighted by Crippen LogP contribution is -2.27. The number of aromatic nitrogens is 1. The zero-order valence-corrected chi connectivity index (χ0v) is 14.6. The van der Waals surface area contributed by atoms with Crippen molar-refractivity contribution in [3.05, 3.63) is 65.8 Å². The van der Waals surface area contributed by atoms with Gasteiger partial charge in [-0.2, -0.15) is 0 Å². The summed E-state index contributed by atoms with van der Waals surface area (Å²) in [5.74, 6) is 0.0738. The van der Waals surface area contributed by atoms with Gasteiger partial charge in [-0.3, -0.25) is 4.79 Å². The molecule has 0 unspecified atom stereocenters. The molecule has 1 aromatic heterocycles. The van der Waals surface area contributed by atoms with Crippen molar-refractivity contribution in [2.75, 3.05) is 17.7 Å². The van der Waals surface area contributed by atoms with Crippen molar-refractivity contribution in [2.45, 2.75) is 4.34 Å². The highest BCUT2D eigenvalue weighted by Gasteiger charge is 2.13. The Hall–Kier alpha value is -2.18. The van der Waals surface area contributed by atoms with Gasteiger partial charge in [0.2, 0.25) is 5.91 Å². The van der Waals surface area contributed by atoms with E-state index in [9.17, 15) is 9.18 Å². The average molecular weight is 358 g/mol. The molecule has 1 amide bonds. The second-order valence-corrected chi connectivity index (χ2v) is 7.16. The van der Waals surface area contributed by atoms with Crippen molar-refractivity contribution in [1.29, 1.82) is 0 Å². The van der Waals surface area contributed by atoms with Crippen molar-refractivity contribution in [1.82, 2.24) is 4.98 Å². The number of nitrogens with zero attached hydrogens (tertiary/aromatic N) is 2. The lowest BCUT2D eigenvalue weighted by molar-refractivity contribution is -0.115. The van der Waals surface area contributed by atoms with E-state index in [4.69, 9.17) is 0 Å². The number of para-hydroxylation sites is 1. The molecular weight excluding hydrogens is 343 g/mol. The molecule has 3 rings (SSSR count). The summed E-state index contributed by atoms with van der Waals surface area (Å²) in [6.07, 6.45) is 0. The number of amides is 1. The van der Waals surface area contributed by atoms with Crippen molar-refractivity contribution < 1.29 is 9.18 Å². The molecule has 0 spiro atoms. The summed E-state index contributed by atoms with van der Waals surface area (Å²) in [4.78, 5) is 18.4. The van der Waals surface area contributed by atoms with Gasteiger partial charge in [0.1, 0.15) is 5.82 Å². The number of thioether (sulfide) groups is 1. The van der Waals surface area contributed by atoms with E-state index in [0.717, 1.165) is 21.3 Å². The molecular formula is C18H15FN2OS2. The fourth-order valence-electron chi connectivity index (χ4n) is 2.09. The molecule has 122 valence electrons. The third-order valence-corrected chi connectivity index (χ3v) is 5.47. The van der Waals surface area contributed by atoms with Crippen LogP contribution in [0.3, 0.4) is 0 Å². The third-order valence-electron chi connectivity index (χ3n) is 3.46. The Bertz CT molecular complexity index is 819. The Kier molecular flexibility index (Phi) is 5.27. The van der Waals surface area contributed by atoms with Crippen molar-refractivity contribution in [3.8, 4) is 11.3 Å². The zero-order valence-electron chi connectivity index (χ0n) is 13.0. The molecule has 0 saturated heterocycles. The SMILES string of the molecule is CN(C(=O)CSc1nc(-c2ccc(F)cc2)cs1)c1ccccc1. The molecule has 3 nitrogen and oxygen atoms in total. The van der Waals surface area contributed by atoms with Gasteiger partial charge in [0, 0.05) is 23.7 Å². The fraction of sp³-hybridized carbons (Fsp3) is 0.111. The summed E-state index contributed by atoms with van der Waals surface area (Å²) in [6.45, 7) is 0. The molecule has 2 aromatic carbocycles. The van der Waals surface area contributed by atoms with Crippen molar-refractivity contribution in [2.24, 2.45) is 0 Å². The zero-order chi connectivity index (χ0) is 16.9. The minimum absolute atomic E-state index is 0.0183. The highest BCUT2D eigenvalue weighted by Crippen LogP contribution is 2.28. The first kappa shape index (κ1) is 16.7. The van der Waals surface area contributed by atoms with E-state index >= 15 is 0 Å². The molecule has 0 saturated carbocycles. The van der Waals surface area contributed by atoms with Gasteiger partial charge in [0.15, 0.2) is 4.34 Å². The monoisotopic (exact) mass is 358 g/mol. The van der Waals surface area contributed by atoms with Crippen LogP contribution in [0.4, 0.5) is 10.1 Å². The molecule has 0 bridgehead atoms. The summed E-state index contributed by atoms with van der Waals surface area (Å²) < 4.78 is 13.8. The Morgan fingerprint density at radius 3 is 2.58 bits per heavy atom. The van der Waals surface area contributed by atoms with Crippen molar-refractivity contribution >= 4 is 34.7 Å². The van der Waals surface area contributed by atoms with E-state index in [2.05, 4.69) is 4.98 Å². The lowest BCUT2D eigenvalue weighted by Gasteiger charge is -2.16. The number of hydrogen-bond acceptors (Lipinski definition) is 4. The molecule has 1 heterocycles. The number of hydrogen-bond donors (Lipinski definition) is 0. The van der Waals surface area contributed by atoms with E-state index in [-0.39, 0.29) is 11.7 Å². The van der Waals surface area contributed by atoms with E-state index in [1.807, 2.05) is 35.7 Å². The van der Waals surface area contributed by atoms with Gasteiger partial charge in [0.05, 0.1) is 11.4 Å². The van der Waals surface area contributed by atoms with Crippen LogP contribution in [-0.2, 0) is 4.79 Å². The first-order chi connectivity index (χ1) is 11.6. The number of thiazole rings is 1. The summed E-state index contributed by atoms with van der Waals surface area (Å²) in [5, 5.41) is 1.92. The first-order valence-electron chi connectivity index (χ1n) is 7.29. The fourth-order valence-corrected chi connectivity index (χ4v) is 3.84. The molecule has 24 heavy (non-hydrogen) atoms. The number of carbonyl (C=O) groups is 1. The summed E-state index contributed by atoms with van der Waals surface area (Å²) in [5.41, 5.74) is 2.54. The summed E-state index contributed by atoms with van der Waals surface area (Å²) in [6, 6.07) is 15.8. The molecule has 0 atom stereocenters. The number of benzene rings is 2. The minimum atomic E-state index is -0.266. The largest absolute Gasteiger partial charge is 0.315 e. The van der Waals surface area contributed by atoms with Gasteiger partial charge >= 0.3 is 0 Å². The van der Waals surface area contributed by atoms with E-state index in [1.165, 1.54) is 35.2 Å². The maximum atomic E-state index is 13.0. The van der Waals surface area contributed by atoms with Gasteiger partial charge in [-0.1, -0.05) is 30.0 Å². The maximum absolute atomic E-state index is 13.0. The van der Waals surface area contributed by atoms with Gasteiger partial charge in [-0.25, -0.2) is 9.37 Å². The average Bonchev–Trinajstić information content (AvgIpc) is 3.09. The van der Waals surface area contributed by atoms with Crippen molar-refractivity contribution in [3.63, 3.8) is 0 Å². The first-order valence-corrected chi connectivity index (χ1v) is 9.16.